The molecule has 1 aliphatic carbocycles. The molecule has 1 aromatic carbocycles. The summed E-state index contributed by atoms with van der Waals surface area (Å²) in [7, 11) is 0. The molecule has 0 N–H and O–H groups in total. The van der Waals surface area contributed by atoms with Crippen LogP contribution in [0.3, 0.4) is 0 Å². The second kappa shape index (κ2) is 7.72. The van der Waals surface area contributed by atoms with Crippen LogP contribution in [0.2, 0.25) is 0 Å². The summed E-state index contributed by atoms with van der Waals surface area (Å²) in [4.78, 5) is 36.5. The van der Waals surface area contributed by atoms with Crippen molar-refractivity contribution in [1.82, 2.24) is 4.90 Å². The van der Waals surface area contributed by atoms with Crippen LogP contribution in [-0.2, 0) is 9.53 Å². The van der Waals surface area contributed by atoms with Crippen molar-refractivity contribution in [1.29, 1.82) is 0 Å². The maximum atomic E-state index is 12.3. The standard InChI is InChI=1S/C17H20N2O5/c1-3-18(13-8-4-5-9-13)15(20)11-24-17(21)14-10-6-7-12(2)16(14)19(22)23/h6-8,10H,3-5,9,11H2,1-2H3. The highest BCUT2D eigenvalue weighted by molar-refractivity contribution is 5.95. The van der Waals surface area contributed by atoms with Gasteiger partial charge in [-0.25, -0.2) is 4.79 Å². The Morgan fingerprint density at radius 2 is 2.12 bits per heavy atom. The average Bonchev–Trinajstić information content (AvgIpc) is 3.06. The summed E-state index contributed by atoms with van der Waals surface area (Å²) in [5, 5.41) is 11.1. The maximum Gasteiger partial charge on any atom is 0.345 e. The van der Waals surface area contributed by atoms with Crippen molar-refractivity contribution >= 4 is 17.6 Å². The molecule has 2 rings (SSSR count). The number of allylic oxidation sites excluding steroid dienone is 2. The Morgan fingerprint density at radius 1 is 1.38 bits per heavy atom. The summed E-state index contributed by atoms with van der Waals surface area (Å²) in [5.41, 5.74) is 0.879. The number of nitro benzene ring substituents is 1. The first kappa shape index (κ1) is 17.7. The van der Waals surface area contributed by atoms with E-state index in [2.05, 4.69) is 0 Å². The van der Waals surface area contributed by atoms with Gasteiger partial charge >= 0.3 is 5.97 Å². The first-order chi connectivity index (χ1) is 11.5. The molecule has 7 heteroatoms. The number of aryl methyl sites for hydroxylation is 1. The fourth-order valence-electron chi connectivity index (χ4n) is 2.79. The van der Waals surface area contributed by atoms with E-state index in [9.17, 15) is 19.7 Å². The zero-order valence-corrected chi connectivity index (χ0v) is 13.8. The number of esters is 1. The summed E-state index contributed by atoms with van der Waals surface area (Å²) >= 11 is 0. The summed E-state index contributed by atoms with van der Waals surface area (Å²) < 4.78 is 5.02. The lowest BCUT2D eigenvalue weighted by Crippen LogP contribution is -2.33. The van der Waals surface area contributed by atoms with E-state index in [0.717, 1.165) is 25.0 Å². The third-order valence-electron chi connectivity index (χ3n) is 3.95. The van der Waals surface area contributed by atoms with E-state index in [4.69, 9.17) is 4.74 Å². The molecule has 0 radical (unpaired) electrons. The van der Waals surface area contributed by atoms with Crippen LogP contribution in [0, 0.1) is 17.0 Å². The van der Waals surface area contributed by atoms with Gasteiger partial charge in [0.2, 0.25) is 0 Å². The van der Waals surface area contributed by atoms with Gasteiger partial charge in [-0.05, 0) is 39.2 Å². The third kappa shape index (κ3) is 3.79. The molecule has 0 aromatic heterocycles. The number of nitro groups is 1. The number of carbonyl (C=O) groups is 2. The Bertz CT molecular complexity index is 696. The van der Waals surface area contributed by atoms with E-state index >= 15 is 0 Å². The van der Waals surface area contributed by atoms with E-state index in [1.165, 1.54) is 6.07 Å². The third-order valence-corrected chi connectivity index (χ3v) is 3.95. The molecule has 24 heavy (non-hydrogen) atoms. The predicted octanol–water partition coefficient (Wildman–Crippen LogP) is 2.98. The van der Waals surface area contributed by atoms with E-state index in [0.29, 0.717) is 12.1 Å². The number of carbonyl (C=O) groups excluding carboxylic acids is 2. The Hall–Kier alpha value is -2.70. The van der Waals surface area contributed by atoms with Crippen LogP contribution in [0.1, 0.15) is 42.1 Å². The molecule has 0 unspecified atom stereocenters. The first-order valence-electron chi connectivity index (χ1n) is 7.86. The highest BCUT2D eigenvalue weighted by Gasteiger charge is 2.25. The SMILES string of the molecule is CCN(C(=O)COC(=O)c1cccc(C)c1[N+](=O)[O-])C1=CCCC1. The molecule has 0 spiro atoms. The predicted molar refractivity (Wildman–Crippen MR) is 87.4 cm³/mol. The van der Waals surface area contributed by atoms with Crippen molar-refractivity contribution in [2.75, 3.05) is 13.2 Å². The van der Waals surface area contributed by atoms with Crippen LogP contribution in [0.5, 0.6) is 0 Å². The Labute approximate surface area is 140 Å². The van der Waals surface area contributed by atoms with Crippen LogP contribution in [-0.4, -0.2) is 34.9 Å². The van der Waals surface area contributed by atoms with Crippen molar-refractivity contribution in [3.8, 4) is 0 Å². The first-order valence-corrected chi connectivity index (χ1v) is 7.86. The normalized spacial score (nSPS) is 13.3. The number of likely N-dealkylation sites (N-methyl/N-ethyl adjacent to an activating group) is 1. The quantitative estimate of drug-likeness (QED) is 0.454. The van der Waals surface area contributed by atoms with Crippen LogP contribution in [0.15, 0.2) is 30.0 Å². The molecule has 0 aliphatic heterocycles. The summed E-state index contributed by atoms with van der Waals surface area (Å²) in [6.07, 6.45) is 4.79. The number of nitrogens with zero attached hydrogens (tertiary/aromatic N) is 2. The van der Waals surface area contributed by atoms with E-state index < -0.39 is 17.5 Å². The molecule has 0 fully saturated rings. The van der Waals surface area contributed by atoms with E-state index in [1.54, 1.807) is 24.0 Å². The molecule has 1 aromatic rings. The van der Waals surface area contributed by atoms with Crippen molar-refractivity contribution in [2.24, 2.45) is 0 Å². The molecular weight excluding hydrogens is 312 g/mol. The Morgan fingerprint density at radius 3 is 2.71 bits per heavy atom. The van der Waals surface area contributed by atoms with Crippen molar-refractivity contribution in [2.45, 2.75) is 33.1 Å². The van der Waals surface area contributed by atoms with Crippen molar-refractivity contribution < 1.29 is 19.2 Å². The topological polar surface area (TPSA) is 89.8 Å². The minimum absolute atomic E-state index is 0.143. The molecule has 0 bridgehead atoms. The van der Waals surface area contributed by atoms with Crippen molar-refractivity contribution in [3.05, 3.63) is 51.2 Å². The van der Waals surface area contributed by atoms with Gasteiger partial charge in [0, 0.05) is 17.8 Å². The van der Waals surface area contributed by atoms with Gasteiger partial charge in [0.1, 0.15) is 5.56 Å². The fraction of sp³-hybridized carbons (Fsp3) is 0.412. The number of benzene rings is 1. The molecule has 0 atom stereocenters. The largest absolute Gasteiger partial charge is 0.452 e. The van der Waals surface area contributed by atoms with Gasteiger partial charge < -0.3 is 9.64 Å². The zero-order chi connectivity index (χ0) is 17.7. The maximum absolute atomic E-state index is 12.3. The highest BCUT2D eigenvalue weighted by atomic mass is 16.6. The molecule has 7 nitrogen and oxygen atoms in total. The molecule has 0 saturated heterocycles. The second-order valence-electron chi connectivity index (χ2n) is 5.53. The van der Waals surface area contributed by atoms with Gasteiger partial charge in [-0.3, -0.25) is 14.9 Å². The minimum Gasteiger partial charge on any atom is -0.452 e. The number of ether oxygens (including phenoxy) is 1. The molecule has 128 valence electrons. The van der Waals surface area contributed by atoms with E-state index in [-0.39, 0.29) is 17.2 Å². The lowest BCUT2D eigenvalue weighted by molar-refractivity contribution is -0.385. The molecule has 1 amide bonds. The summed E-state index contributed by atoms with van der Waals surface area (Å²) in [6.45, 7) is 3.46. The zero-order valence-electron chi connectivity index (χ0n) is 13.8. The lowest BCUT2D eigenvalue weighted by Gasteiger charge is -2.22. The number of amides is 1. The van der Waals surface area contributed by atoms with Crippen LogP contribution < -0.4 is 0 Å². The van der Waals surface area contributed by atoms with Crippen LogP contribution in [0.25, 0.3) is 0 Å². The second-order valence-corrected chi connectivity index (χ2v) is 5.53. The molecule has 0 saturated carbocycles. The van der Waals surface area contributed by atoms with Gasteiger partial charge in [0.05, 0.1) is 4.92 Å². The highest BCUT2D eigenvalue weighted by Crippen LogP contribution is 2.24. The van der Waals surface area contributed by atoms with E-state index in [1.807, 2.05) is 13.0 Å². The average molecular weight is 332 g/mol. The van der Waals surface area contributed by atoms with Gasteiger partial charge in [-0.15, -0.1) is 0 Å². The van der Waals surface area contributed by atoms with Gasteiger partial charge in [-0.2, -0.15) is 0 Å². The Kier molecular flexibility index (Phi) is 5.68. The monoisotopic (exact) mass is 332 g/mol. The number of hydrogen-bond acceptors (Lipinski definition) is 5. The fourth-order valence-corrected chi connectivity index (χ4v) is 2.79. The smallest absolute Gasteiger partial charge is 0.345 e. The van der Waals surface area contributed by atoms with Crippen LogP contribution >= 0.6 is 0 Å². The number of rotatable bonds is 6. The van der Waals surface area contributed by atoms with Crippen molar-refractivity contribution in [3.63, 3.8) is 0 Å². The summed E-state index contributed by atoms with van der Waals surface area (Å²) in [5.74, 6) is -1.19. The molecular formula is C17H20N2O5. The van der Waals surface area contributed by atoms with Gasteiger partial charge in [0.15, 0.2) is 6.61 Å². The molecule has 1 aliphatic rings. The van der Waals surface area contributed by atoms with Gasteiger partial charge in [0.25, 0.3) is 11.6 Å². The Balaban J connectivity index is 2.07. The number of para-hydroxylation sites is 1. The number of hydrogen-bond donors (Lipinski definition) is 0. The lowest BCUT2D eigenvalue weighted by atomic mass is 10.1. The van der Waals surface area contributed by atoms with Crippen LogP contribution in [0.4, 0.5) is 5.69 Å². The summed E-state index contributed by atoms with van der Waals surface area (Å²) in [6, 6.07) is 4.42. The molecule has 0 heterocycles. The minimum atomic E-state index is -0.866. The van der Waals surface area contributed by atoms with Gasteiger partial charge in [-0.1, -0.05) is 18.2 Å².